The van der Waals surface area contributed by atoms with Gasteiger partial charge in [-0.05, 0) is 23.8 Å². The molecule has 0 aliphatic heterocycles. The molecule has 7 nitrogen and oxygen atoms in total. The van der Waals surface area contributed by atoms with Gasteiger partial charge in [0.25, 0.3) is 0 Å². The Bertz CT molecular complexity index is 1050. The summed E-state index contributed by atoms with van der Waals surface area (Å²) in [5.74, 6) is -0.556. The number of amides is 1. The minimum atomic E-state index is -0.521. The molecule has 0 aliphatic rings. The number of anilines is 1. The molecule has 0 aliphatic carbocycles. The Morgan fingerprint density at radius 3 is 3.00 bits per heavy atom. The van der Waals surface area contributed by atoms with Gasteiger partial charge in [0.05, 0.1) is 5.75 Å². The summed E-state index contributed by atoms with van der Waals surface area (Å²) in [6.07, 6.45) is 3.74. The number of carbonyl (C=O) groups is 1. The van der Waals surface area contributed by atoms with E-state index >= 15 is 0 Å². The number of carbonyl (C=O) groups excluding carboxylic acids is 1. The third-order valence-corrected chi connectivity index (χ3v) is 5.11. The lowest BCUT2D eigenvalue weighted by molar-refractivity contribution is -0.111. The summed E-state index contributed by atoms with van der Waals surface area (Å²) in [5.41, 5.74) is 0.0428. The van der Waals surface area contributed by atoms with Crippen LogP contribution in [-0.2, 0) is 10.5 Å². The van der Waals surface area contributed by atoms with Crippen LogP contribution < -0.4 is 10.7 Å². The number of halogens is 1. The predicted molar refractivity (Wildman–Crippen MR) is 100 cm³/mol. The number of aromatic hydroxyl groups is 1. The van der Waals surface area contributed by atoms with Crippen molar-refractivity contribution in [1.82, 2.24) is 10.2 Å². The van der Waals surface area contributed by atoms with Crippen molar-refractivity contribution in [3.05, 3.63) is 70.0 Å². The van der Waals surface area contributed by atoms with Crippen LogP contribution in [0.25, 0.3) is 6.08 Å². The van der Waals surface area contributed by atoms with Crippen LogP contribution in [0, 0.1) is 5.82 Å². The SMILES string of the molecule is O=C(/C=C/c1cccc(F)c1)Nc1nnc(SCc2cc(=O)c(O)co2)s1. The van der Waals surface area contributed by atoms with Crippen molar-refractivity contribution in [3.63, 3.8) is 0 Å². The standard InChI is InChI=1S/C17H12FN3O4S2/c18-11-3-1-2-10(6-11)4-5-15(24)19-16-20-21-17(27-16)26-9-12-7-13(22)14(23)8-25-12/h1-8,23H,9H2,(H,19,20,24)/b5-4+. The van der Waals surface area contributed by atoms with E-state index in [4.69, 9.17) is 9.52 Å². The van der Waals surface area contributed by atoms with E-state index in [1.165, 1.54) is 42.1 Å². The van der Waals surface area contributed by atoms with Gasteiger partial charge >= 0.3 is 0 Å². The molecule has 1 amide bonds. The van der Waals surface area contributed by atoms with Crippen molar-refractivity contribution in [3.8, 4) is 5.75 Å². The van der Waals surface area contributed by atoms with Gasteiger partial charge in [0, 0.05) is 12.1 Å². The van der Waals surface area contributed by atoms with Gasteiger partial charge in [-0.15, -0.1) is 10.2 Å². The maximum absolute atomic E-state index is 13.1. The van der Waals surface area contributed by atoms with Gasteiger partial charge in [-0.2, -0.15) is 0 Å². The lowest BCUT2D eigenvalue weighted by Gasteiger charge is -1.97. The van der Waals surface area contributed by atoms with Gasteiger partial charge in [0.1, 0.15) is 17.8 Å². The summed E-state index contributed by atoms with van der Waals surface area (Å²) in [4.78, 5) is 23.2. The van der Waals surface area contributed by atoms with Crippen molar-refractivity contribution in [2.24, 2.45) is 0 Å². The highest BCUT2D eigenvalue weighted by molar-refractivity contribution is 8.00. The van der Waals surface area contributed by atoms with Crippen molar-refractivity contribution in [1.29, 1.82) is 0 Å². The Hall–Kier alpha value is -2.98. The maximum Gasteiger partial charge on any atom is 0.250 e. The van der Waals surface area contributed by atoms with E-state index in [0.717, 1.165) is 17.6 Å². The molecule has 0 saturated heterocycles. The molecule has 0 atom stereocenters. The fraction of sp³-hybridized carbons (Fsp3) is 0.0588. The van der Waals surface area contributed by atoms with Crippen LogP contribution in [0.4, 0.5) is 9.52 Å². The Morgan fingerprint density at radius 2 is 2.22 bits per heavy atom. The fourth-order valence-corrected chi connectivity index (χ4v) is 3.55. The normalized spacial score (nSPS) is 11.0. The second kappa shape index (κ2) is 8.60. The van der Waals surface area contributed by atoms with Crippen molar-refractivity contribution < 1.29 is 18.7 Å². The number of aromatic nitrogens is 2. The third kappa shape index (κ3) is 5.50. The van der Waals surface area contributed by atoms with Crippen LogP contribution >= 0.6 is 23.1 Å². The highest BCUT2D eigenvalue weighted by Gasteiger charge is 2.09. The van der Waals surface area contributed by atoms with Gasteiger partial charge in [-0.1, -0.05) is 35.2 Å². The van der Waals surface area contributed by atoms with Gasteiger partial charge < -0.3 is 9.52 Å². The molecule has 0 bridgehead atoms. The van der Waals surface area contributed by atoms with E-state index < -0.39 is 17.1 Å². The molecule has 0 fully saturated rings. The Morgan fingerprint density at radius 1 is 1.37 bits per heavy atom. The van der Waals surface area contributed by atoms with E-state index in [-0.39, 0.29) is 5.82 Å². The van der Waals surface area contributed by atoms with Gasteiger partial charge in [-0.25, -0.2) is 4.39 Å². The van der Waals surface area contributed by atoms with Crippen molar-refractivity contribution in [2.45, 2.75) is 10.1 Å². The van der Waals surface area contributed by atoms with Gasteiger partial charge in [0.2, 0.25) is 16.5 Å². The number of hydrogen-bond acceptors (Lipinski definition) is 8. The summed E-state index contributed by atoms with van der Waals surface area (Å²) >= 11 is 2.43. The average Bonchev–Trinajstić information content (AvgIpc) is 3.08. The number of nitrogens with one attached hydrogen (secondary N) is 1. The second-order valence-corrected chi connectivity index (χ2v) is 7.34. The molecule has 3 aromatic rings. The number of thioether (sulfide) groups is 1. The first-order valence-electron chi connectivity index (χ1n) is 7.51. The van der Waals surface area contributed by atoms with Gasteiger partial charge in [-0.3, -0.25) is 14.9 Å². The van der Waals surface area contributed by atoms with Crippen molar-refractivity contribution >= 4 is 40.2 Å². The minimum absolute atomic E-state index is 0.304. The third-order valence-electron chi connectivity index (χ3n) is 3.12. The van der Waals surface area contributed by atoms with Crippen LogP contribution in [0.3, 0.4) is 0 Å². The zero-order valence-electron chi connectivity index (χ0n) is 13.6. The molecule has 2 aromatic heterocycles. The molecule has 0 saturated carbocycles. The molecule has 0 spiro atoms. The Balaban J connectivity index is 1.54. The predicted octanol–water partition coefficient (Wildman–Crippen LogP) is 3.28. The quantitative estimate of drug-likeness (QED) is 0.368. The average molecular weight is 405 g/mol. The van der Waals surface area contributed by atoms with Crippen LogP contribution in [-0.4, -0.2) is 21.2 Å². The summed E-state index contributed by atoms with van der Waals surface area (Å²) in [6, 6.07) is 7.06. The molecular weight excluding hydrogens is 393 g/mol. The Kier molecular flexibility index (Phi) is 5.99. The first kappa shape index (κ1) is 18.8. The van der Waals surface area contributed by atoms with Crippen LogP contribution in [0.2, 0.25) is 0 Å². The lowest BCUT2D eigenvalue weighted by Crippen LogP contribution is -2.07. The molecular formula is C17H12FN3O4S2. The van der Waals surface area contributed by atoms with Gasteiger partial charge in [0.15, 0.2) is 10.1 Å². The zero-order chi connectivity index (χ0) is 19.2. The molecule has 10 heteroatoms. The van der Waals surface area contributed by atoms with E-state index in [1.807, 2.05) is 0 Å². The molecule has 1 aromatic carbocycles. The molecule has 0 unspecified atom stereocenters. The topological polar surface area (TPSA) is 105 Å². The molecule has 0 radical (unpaired) electrons. The first-order valence-corrected chi connectivity index (χ1v) is 9.31. The number of nitrogens with zero attached hydrogens (tertiary/aromatic N) is 2. The molecule has 138 valence electrons. The van der Waals surface area contributed by atoms with Crippen LogP contribution in [0.1, 0.15) is 11.3 Å². The van der Waals surface area contributed by atoms with Crippen LogP contribution in [0.5, 0.6) is 5.75 Å². The largest absolute Gasteiger partial charge is 0.502 e. The van der Waals surface area contributed by atoms with E-state index in [2.05, 4.69) is 15.5 Å². The number of benzene rings is 1. The summed E-state index contributed by atoms with van der Waals surface area (Å²) < 4.78 is 18.7. The van der Waals surface area contributed by atoms with E-state index in [1.54, 1.807) is 12.1 Å². The zero-order valence-corrected chi connectivity index (χ0v) is 15.2. The van der Waals surface area contributed by atoms with E-state index in [0.29, 0.717) is 26.5 Å². The smallest absolute Gasteiger partial charge is 0.250 e. The summed E-state index contributed by atoms with van der Waals surface area (Å²) in [6.45, 7) is 0. The second-order valence-electron chi connectivity index (χ2n) is 5.14. The maximum atomic E-state index is 13.1. The minimum Gasteiger partial charge on any atom is -0.502 e. The summed E-state index contributed by atoms with van der Waals surface area (Å²) in [5, 5.41) is 19.8. The Labute approximate surface area is 160 Å². The highest BCUT2D eigenvalue weighted by atomic mass is 32.2. The highest BCUT2D eigenvalue weighted by Crippen LogP contribution is 2.28. The van der Waals surface area contributed by atoms with Crippen LogP contribution in [0.15, 0.2) is 56.2 Å². The lowest BCUT2D eigenvalue weighted by atomic mass is 10.2. The first-order chi connectivity index (χ1) is 13.0. The molecule has 2 heterocycles. The molecule has 3 rings (SSSR count). The monoisotopic (exact) mass is 405 g/mol. The van der Waals surface area contributed by atoms with Crippen molar-refractivity contribution in [2.75, 3.05) is 5.32 Å². The number of rotatable bonds is 6. The fourth-order valence-electron chi connectivity index (χ4n) is 1.90. The molecule has 27 heavy (non-hydrogen) atoms. The summed E-state index contributed by atoms with van der Waals surface area (Å²) in [7, 11) is 0. The van der Waals surface area contributed by atoms with E-state index in [9.17, 15) is 14.0 Å². The molecule has 2 N–H and O–H groups in total. The number of hydrogen-bond donors (Lipinski definition) is 2.